The average molecular weight is 456 g/mol. The molecule has 0 spiro atoms. The van der Waals surface area contributed by atoms with Crippen molar-refractivity contribution >= 4 is 31.9 Å². The third-order valence-electron chi connectivity index (χ3n) is 4.29. The van der Waals surface area contributed by atoms with E-state index in [4.69, 9.17) is 4.52 Å². The monoisotopic (exact) mass is 455 g/mol. The van der Waals surface area contributed by atoms with Crippen molar-refractivity contribution in [3.8, 4) is 23.0 Å². The first kappa shape index (κ1) is 19.7. The molecule has 0 bridgehead atoms. The Kier molecular flexibility index (Phi) is 4.97. The Balaban J connectivity index is 1.97. The van der Waals surface area contributed by atoms with Crippen molar-refractivity contribution in [3.05, 3.63) is 34.4 Å². The Bertz CT molecular complexity index is 1090. The van der Waals surface area contributed by atoms with Crippen LogP contribution in [0, 0.1) is 6.92 Å². The van der Waals surface area contributed by atoms with Gasteiger partial charge in [0.25, 0.3) is 16.2 Å². The van der Waals surface area contributed by atoms with Crippen LogP contribution in [0.25, 0.3) is 23.0 Å². The molecule has 3 aromatic rings. The maximum absolute atomic E-state index is 11.4. The third-order valence-corrected chi connectivity index (χ3v) is 6.57. The predicted octanol–water partition coefficient (Wildman–Crippen LogP) is 2.72. The molecular weight excluding hydrogens is 438 g/mol. The van der Waals surface area contributed by atoms with E-state index in [9.17, 15) is 13.0 Å². The van der Waals surface area contributed by atoms with Gasteiger partial charge in [0.15, 0.2) is 0 Å². The van der Waals surface area contributed by atoms with Crippen LogP contribution in [-0.2, 0) is 16.8 Å². The standard InChI is InChI=1S/C16H18BrN5O4S/c1-5-21-14(13(17)10(2)19-21)16-18-15(20-26-16)11-6-8-12(9-7-11)22(3,4)27(23,24)25/h6-9H,5H2,1-4H3. The van der Waals surface area contributed by atoms with Gasteiger partial charge in [0.2, 0.25) is 5.82 Å². The van der Waals surface area contributed by atoms with Crippen LogP contribution in [-0.4, -0.2) is 47.0 Å². The summed E-state index contributed by atoms with van der Waals surface area (Å²) in [5.74, 6) is 0.668. The molecule has 144 valence electrons. The van der Waals surface area contributed by atoms with Crippen LogP contribution in [0.2, 0.25) is 0 Å². The van der Waals surface area contributed by atoms with E-state index in [1.165, 1.54) is 14.1 Å². The van der Waals surface area contributed by atoms with Crippen molar-refractivity contribution < 1.29 is 17.5 Å². The Morgan fingerprint density at radius 1 is 1.26 bits per heavy atom. The second-order valence-electron chi connectivity index (χ2n) is 6.31. The SMILES string of the molecule is CCn1nc(C)c(Br)c1-c1nc(-c2ccc([N+](C)(C)S(=O)(=O)[O-])cc2)no1. The van der Waals surface area contributed by atoms with Gasteiger partial charge in [0, 0.05) is 24.2 Å². The summed E-state index contributed by atoms with van der Waals surface area (Å²) in [6.45, 7) is 4.48. The first-order valence-electron chi connectivity index (χ1n) is 8.04. The molecule has 11 heteroatoms. The molecule has 0 aliphatic rings. The molecule has 0 aliphatic heterocycles. The zero-order valence-electron chi connectivity index (χ0n) is 15.2. The minimum Gasteiger partial charge on any atom is -0.701 e. The van der Waals surface area contributed by atoms with Crippen LogP contribution in [0.3, 0.4) is 0 Å². The minimum atomic E-state index is -4.55. The lowest BCUT2D eigenvalue weighted by molar-refractivity contribution is 0.397. The lowest BCUT2D eigenvalue weighted by Gasteiger charge is -2.30. The Labute approximate surface area is 165 Å². The van der Waals surface area contributed by atoms with Crippen LogP contribution in [0.5, 0.6) is 0 Å². The first-order valence-corrected chi connectivity index (χ1v) is 10.2. The van der Waals surface area contributed by atoms with Crippen LogP contribution in [0.1, 0.15) is 12.6 Å². The topological polar surface area (TPSA) is 114 Å². The molecule has 2 aromatic heterocycles. The number of aryl methyl sites for hydroxylation is 2. The molecule has 3 rings (SSSR count). The van der Waals surface area contributed by atoms with Gasteiger partial charge in [-0.2, -0.15) is 18.5 Å². The van der Waals surface area contributed by atoms with Gasteiger partial charge in [-0.3, -0.25) is 4.68 Å². The summed E-state index contributed by atoms with van der Waals surface area (Å²) in [5.41, 5.74) is 2.47. The fourth-order valence-electron chi connectivity index (χ4n) is 2.53. The molecule has 0 amide bonds. The van der Waals surface area contributed by atoms with Gasteiger partial charge in [-0.05, 0) is 41.9 Å². The van der Waals surface area contributed by atoms with Crippen LogP contribution in [0.4, 0.5) is 5.69 Å². The maximum atomic E-state index is 11.4. The fraction of sp³-hybridized carbons (Fsp3) is 0.312. The molecule has 1 aromatic carbocycles. The van der Waals surface area contributed by atoms with Gasteiger partial charge >= 0.3 is 0 Å². The van der Waals surface area contributed by atoms with Crippen LogP contribution >= 0.6 is 15.9 Å². The molecule has 0 aliphatic carbocycles. The van der Waals surface area contributed by atoms with Crippen molar-refractivity contribution in [3.63, 3.8) is 0 Å². The molecule has 27 heavy (non-hydrogen) atoms. The summed E-state index contributed by atoms with van der Waals surface area (Å²) in [6, 6.07) is 6.40. The van der Waals surface area contributed by atoms with Crippen molar-refractivity contribution in [1.29, 1.82) is 0 Å². The molecule has 0 radical (unpaired) electrons. The summed E-state index contributed by atoms with van der Waals surface area (Å²) in [5, 5.41) is 8.40. The molecule has 9 nitrogen and oxygen atoms in total. The average Bonchev–Trinajstić information content (AvgIpc) is 3.19. The van der Waals surface area contributed by atoms with E-state index >= 15 is 0 Å². The van der Waals surface area contributed by atoms with Gasteiger partial charge in [0.1, 0.15) is 11.4 Å². The first-order chi connectivity index (χ1) is 12.6. The van der Waals surface area contributed by atoms with E-state index in [2.05, 4.69) is 31.2 Å². The molecule has 2 heterocycles. The second kappa shape index (κ2) is 6.82. The lowest BCUT2D eigenvalue weighted by atomic mass is 10.2. The number of hydrogen-bond donors (Lipinski definition) is 0. The molecule has 0 saturated carbocycles. The van der Waals surface area contributed by atoms with Gasteiger partial charge in [0.05, 0.1) is 24.3 Å². The number of halogens is 1. The number of nitrogens with zero attached hydrogens (tertiary/aromatic N) is 5. The Morgan fingerprint density at radius 2 is 1.89 bits per heavy atom. The number of rotatable bonds is 5. The second-order valence-corrected chi connectivity index (χ2v) is 8.87. The summed E-state index contributed by atoms with van der Waals surface area (Å²) in [7, 11) is -1.92. The van der Waals surface area contributed by atoms with Gasteiger partial charge in [-0.15, -0.1) is 0 Å². The van der Waals surface area contributed by atoms with Crippen molar-refractivity contribution in [2.24, 2.45) is 0 Å². The normalized spacial score (nSPS) is 12.5. The number of benzene rings is 1. The van der Waals surface area contributed by atoms with Crippen LogP contribution < -0.4 is 3.89 Å². The quantitative estimate of drug-likeness (QED) is 0.428. The lowest BCUT2D eigenvalue weighted by Crippen LogP contribution is -2.46. The fourth-order valence-corrected chi connectivity index (χ4v) is 3.36. The van der Waals surface area contributed by atoms with E-state index in [-0.39, 0.29) is 0 Å². The summed E-state index contributed by atoms with van der Waals surface area (Å²) < 4.78 is 41.4. The van der Waals surface area contributed by atoms with Crippen LogP contribution in [0.15, 0.2) is 33.3 Å². The molecule has 0 unspecified atom stereocenters. The molecule has 0 N–H and O–H groups in total. The smallest absolute Gasteiger partial charge is 0.277 e. The van der Waals surface area contributed by atoms with Gasteiger partial charge in [-0.1, -0.05) is 5.16 Å². The molecular formula is C16H18BrN5O4S. The number of aromatic nitrogens is 4. The van der Waals surface area contributed by atoms with Crippen molar-refractivity contribution in [1.82, 2.24) is 23.8 Å². The molecule has 0 fully saturated rings. The maximum Gasteiger partial charge on any atom is 0.277 e. The van der Waals surface area contributed by atoms with Gasteiger partial charge < -0.3 is 9.08 Å². The Morgan fingerprint density at radius 3 is 2.44 bits per heavy atom. The summed E-state index contributed by atoms with van der Waals surface area (Å²) >= 11 is 3.49. The summed E-state index contributed by atoms with van der Waals surface area (Å²) in [4.78, 5) is 4.42. The molecule has 0 atom stereocenters. The van der Waals surface area contributed by atoms with E-state index in [1.54, 1.807) is 28.9 Å². The highest BCUT2D eigenvalue weighted by Crippen LogP contribution is 2.32. The van der Waals surface area contributed by atoms with E-state index in [1.807, 2.05) is 13.8 Å². The van der Waals surface area contributed by atoms with E-state index in [0.717, 1.165) is 10.2 Å². The highest BCUT2D eigenvalue weighted by atomic mass is 79.9. The van der Waals surface area contributed by atoms with Crippen molar-refractivity contribution in [2.45, 2.75) is 20.4 Å². The van der Waals surface area contributed by atoms with E-state index in [0.29, 0.717) is 35.2 Å². The largest absolute Gasteiger partial charge is 0.701 e. The third kappa shape index (κ3) is 3.43. The predicted molar refractivity (Wildman–Crippen MR) is 102 cm³/mol. The van der Waals surface area contributed by atoms with E-state index < -0.39 is 14.2 Å². The Hall–Kier alpha value is -2.08. The van der Waals surface area contributed by atoms with Gasteiger partial charge in [-0.25, -0.2) is 3.89 Å². The minimum absolute atomic E-state index is 0.321. The number of quaternary nitrogens is 1. The zero-order chi connectivity index (χ0) is 20.0. The highest BCUT2D eigenvalue weighted by Gasteiger charge is 2.27. The summed E-state index contributed by atoms with van der Waals surface area (Å²) in [6.07, 6.45) is 0. The van der Waals surface area contributed by atoms with Crippen molar-refractivity contribution in [2.75, 3.05) is 14.1 Å². The zero-order valence-corrected chi connectivity index (χ0v) is 17.6. The molecule has 0 saturated heterocycles. The number of hydrogen-bond acceptors (Lipinski definition) is 7. The highest BCUT2D eigenvalue weighted by molar-refractivity contribution is 9.10.